The van der Waals surface area contributed by atoms with Crippen LogP contribution in [0.3, 0.4) is 0 Å². The third-order valence-electron chi connectivity index (χ3n) is 5.72. The lowest BCUT2D eigenvalue weighted by atomic mass is 10.1. The van der Waals surface area contributed by atoms with Crippen molar-refractivity contribution in [2.45, 2.75) is 110 Å². The monoisotopic (exact) mass is 708 g/mol. The van der Waals surface area contributed by atoms with Gasteiger partial charge in [0, 0.05) is 26.7 Å². The SMILES string of the molecule is CCCCCCC(=O)O[C@H](COC(C)=O)COP(=O)(O)OCC(O)COP(=O)(O)OC[C@@H](COC(C)=O)OC(=O)CCCCCC. The molecule has 17 nitrogen and oxygen atoms in total. The van der Waals surface area contributed by atoms with Gasteiger partial charge in [-0.1, -0.05) is 52.4 Å². The molecule has 0 aromatic heterocycles. The van der Waals surface area contributed by atoms with E-state index in [0.717, 1.165) is 52.4 Å². The van der Waals surface area contributed by atoms with Crippen LogP contribution in [0.25, 0.3) is 0 Å². The molecule has 3 N–H and O–H groups in total. The first-order valence-electron chi connectivity index (χ1n) is 15.2. The lowest BCUT2D eigenvalue weighted by Gasteiger charge is -2.21. The minimum Gasteiger partial charge on any atom is -0.462 e. The van der Waals surface area contributed by atoms with Gasteiger partial charge in [-0.2, -0.15) is 0 Å². The Balaban J connectivity index is 4.78. The Morgan fingerprint density at radius 2 is 0.913 bits per heavy atom. The van der Waals surface area contributed by atoms with E-state index in [4.69, 9.17) is 28.0 Å². The Labute approximate surface area is 269 Å². The van der Waals surface area contributed by atoms with Crippen LogP contribution in [0.5, 0.6) is 0 Å². The summed E-state index contributed by atoms with van der Waals surface area (Å²) in [5.41, 5.74) is 0. The molecule has 0 saturated heterocycles. The number of hydrogen-bond donors (Lipinski definition) is 3. The van der Waals surface area contributed by atoms with Crippen molar-refractivity contribution < 1.29 is 80.2 Å². The highest BCUT2D eigenvalue weighted by Crippen LogP contribution is 2.45. The van der Waals surface area contributed by atoms with Gasteiger partial charge in [-0.15, -0.1) is 0 Å². The average molecular weight is 709 g/mol. The number of phosphoric ester groups is 2. The topological polar surface area (TPSA) is 237 Å². The van der Waals surface area contributed by atoms with Crippen LogP contribution in [0.15, 0.2) is 0 Å². The molecule has 4 atom stereocenters. The van der Waals surface area contributed by atoms with Crippen LogP contribution < -0.4 is 0 Å². The van der Waals surface area contributed by atoms with E-state index in [2.05, 4.69) is 9.05 Å². The van der Waals surface area contributed by atoms with Crippen LogP contribution >= 0.6 is 15.6 Å². The lowest BCUT2D eigenvalue weighted by molar-refractivity contribution is -0.160. The molecule has 0 radical (unpaired) electrons. The molecule has 0 aliphatic rings. The van der Waals surface area contributed by atoms with Crippen molar-refractivity contribution in [1.82, 2.24) is 0 Å². The number of unbranched alkanes of at least 4 members (excludes halogenated alkanes) is 6. The van der Waals surface area contributed by atoms with Crippen LogP contribution in [0.4, 0.5) is 0 Å². The van der Waals surface area contributed by atoms with Gasteiger partial charge in [-0.25, -0.2) is 9.13 Å². The normalized spacial score (nSPS) is 15.9. The van der Waals surface area contributed by atoms with Crippen molar-refractivity contribution in [3.8, 4) is 0 Å². The fraction of sp³-hybridized carbons (Fsp3) is 0.852. The molecule has 270 valence electrons. The smallest absolute Gasteiger partial charge is 0.462 e. The molecule has 0 aromatic rings. The van der Waals surface area contributed by atoms with Gasteiger partial charge < -0.3 is 33.8 Å². The molecule has 0 rings (SSSR count). The second-order valence-electron chi connectivity index (χ2n) is 10.2. The Kier molecular flexibility index (Phi) is 24.1. The first-order valence-corrected chi connectivity index (χ1v) is 18.2. The Hall–Kier alpha value is -1.94. The number of carbonyl (C=O) groups is 4. The predicted molar refractivity (Wildman–Crippen MR) is 160 cm³/mol. The minimum absolute atomic E-state index is 0.0889. The molecular formula is C27H50O17P2. The maximum Gasteiger partial charge on any atom is 0.472 e. The molecule has 0 aliphatic heterocycles. The van der Waals surface area contributed by atoms with Crippen molar-refractivity contribution in [1.29, 1.82) is 0 Å². The predicted octanol–water partition coefficient (Wildman–Crippen LogP) is 3.51. The summed E-state index contributed by atoms with van der Waals surface area (Å²) in [5.74, 6) is -2.60. The summed E-state index contributed by atoms with van der Waals surface area (Å²) >= 11 is 0. The number of esters is 4. The highest BCUT2D eigenvalue weighted by molar-refractivity contribution is 7.47. The zero-order valence-electron chi connectivity index (χ0n) is 27.0. The molecule has 0 fully saturated rings. The van der Waals surface area contributed by atoms with Crippen LogP contribution in [0.2, 0.25) is 0 Å². The summed E-state index contributed by atoms with van der Waals surface area (Å²) in [5, 5.41) is 10.0. The van der Waals surface area contributed by atoms with E-state index in [0.29, 0.717) is 12.8 Å². The first kappa shape index (κ1) is 44.1. The Bertz CT molecular complexity index is 915. The number of phosphoric acid groups is 2. The summed E-state index contributed by atoms with van der Waals surface area (Å²) < 4.78 is 63.4. The van der Waals surface area contributed by atoms with Gasteiger partial charge in [0.2, 0.25) is 0 Å². The number of aliphatic hydroxyl groups is 1. The second kappa shape index (κ2) is 25.1. The molecule has 0 heterocycles. The standard InChI is InChI=1S/C27H50O17P2/c1-5-7-9-11-13-26(31)43-24(17-37-21(3)28)19-41-45(33,34)39-15-23(30)16-40-46(35,36)42-20-25(18-38-22(4)29)44-27(32)14-12-10-8-6-2/h23-25,30H,5-20H2,1-4H3,(H,33,34)(H,35,36)/t24-,25-/m1/s1. The Morgan fingerprint density at radius 1 is 0.565 bits per heavy atom. The molecule has 0 bridgehead atoms. The molecule has 0 saturated carbocycles. The summed E-state index contributed by atoms with van der Waals surface area (Å²) in [6, 6.07) is 0. The molecule has 19 heteroatoms. The number of carbonyl (C=O) groups excluding carboxylic acids is 4. The van der Waals surface area contributed by atoms with E-state index in [1.165, 1.54) is 0 Å². The molecule has 46 heavy (non-hydrogen) atoms. The van der Waals surface area contributed by atoms with Gasteiger partial charge >= 0.3 is 39.5 Å². The molecular weight excluding hydrogens is 658 g/mol. The van der Waals surface area contributed by atoms with Gasteiger partial charge in [-0.3, -0.25) is 37.3 Å². The van der Waals surface area contributed by atoms with E-state index in [1.807, 2.05) is 13.8 Å². The van der Waals surface area contributed by atoms with Gasteiger partial charge in [0.05, 0.1) is 26.4 Å². The van der Waals surface area contributed by atoms with Crippen molar-refractivity contribution >= 4 is 39.5 Å². The molecule has 0 amide bonds. The zero-order valence-corrected chi connectivity index (χ0v) is 28.8. The van der Waals surface area contributed by atoms with Crippen LogP contribution in [-0.2, 0) is 65.4 Å². The minimum atomic E-state index is -4.85. The van der Waals surface area contributed by atoms with Gasteiger partial charge in [0.25, 0.3) is 0 Å². The quantitative estimate of drug-likeness (QED) is 0.0456. The van der Waals surface area contributed by atoms with Crippen molar-refractivity contribution in [2.24, 2.45) is 0 Å². The van der Waals surface area contributed by atoms with Gasteiger partial charge in [0.1, 0.15) is 19.3 Å². The summed E-state index contributed by atoms with van der Waals surface area (Å²) in [6.07, 6.45) is 2.59. The largest absolute Gasteiger partial charge is 0.472 e. The molecule has 0 aromatic carbocycles. The first-order chi connectivity index (χ1) is 21.6. The van der Waals surface area contributed by atoms with Gasteiger partial charge in [-0.05, 0) is 12.8 Å². The number of aliphatic hydroxyl groups excluding tert-OH is 1. The molecule has 0 aliphatic carbocycles. The van der Waals surface area contributed by atoms with Gasteiger partial charge in [0.15, 0.2) is 12.2 Å². The van der Waals surface area contributed by atoms with Crippen LogP contribution in [0.1, 0.15) is 91.9 Å². The lowest BCUT2D eigenvalue weighted by Crippen LogP contribution is -2.29. The number of hydrogen-bond acceptors (Lipinski definition) is 15. The number of rotatable bonds is 28. The maximum absolute atomic E-state index is 12.3. The molecule has 0 spiro atoms. The third-order valence-corrected chi connectivity index (χ3v) is 7.62. The highest BCUT2D eigenvalue weighted by Gasteiger charge is 2.30. The van der Waals surface area contributed by atoms with Crippen LogP contribution in [-0.4, -0.2) is 96.7 Å². The zero-order chi connectivity index (χ0) is 35.0. The number of ether oxygens (including phenoxy) is 4. The van der Waals surface area contributed by atoms with E-state index >= 15 is 0 Å². The Morgan fingerprint density at radius 3 is 1.24 bits per heavy atom. The van der Waals surface area contributed by atoms with E-state index in [9.17, 15) is 43.2 Å². The van der Waals surface area contributed by atoms with Crippen molar-refractivity contribution in [2.75, 3.05) is 39.6 Å². The average Bonchev–Trinajstić information content (AvgIpc) is 2.98. The van der Waals surface area contributed by atoms with Crippen molar-refractivity contribution in [3.05, 3.63) is 0 Å². The van der Waals surface area contributed by atoms with E-state index < -0.39 is 97.5 Å². The third kappa shape index (κ3) is 26.2. The maximum atomic E-state index is 12.3. The van der Waals surface area contributed by atoms with E-state index in [1.54, 1.807) is 0 Å². The fourth-order valence-electron chi connectivity index (χ4n) is 3.37. The second-order valence-corrected chi connectivity index (χ2v) is 13.1. The van der Waals surface area contributed by atoms with E-state index in [-0.39, 0.29) is 12.8 Å². The summed E-state index contributed by atoms with van der Waals surface area (Å²) in [6.45, 7) is 2.20. The highest BCUT2D eigenvalue weighted by atomic mass is 31.2. The van der Waals surface area contributed by atoms with Crippen LogP contribution in [0, 0.1) is 0 Å². The summed E-state index contributed by atoms with van der Waals surface area (Å²) in [7, 11) is -9.71. The summed E-state index contributed by atoms with van der Waals surface area (Å²) in [4.78, 5) is 66.4. The fourth-order valence-corrected chi connectivity index (χ4v) is 4.95. The molecule has 2 unspecified atom stereocenters. The van der Waals surface area contributed by atoms with Crippen molar-refractivity contribution in [3.63, 3.8) is 0 Å².